The lowest BCUT2D eigenvalue weighted by Gasteiger charge is -2.32. The SMILES string of the molecule is CCS(=O)(=O)N(C)C1CCC(C(=O)OC)CC1. The van der Waals surface area contributed by atoms with Gasteiger partial charge in [0.15, 0.2) is 0 Å². The molecule has 0 heterocycles. The Labute approximate surface area is 103 Å². The number of esters is 1. The fourth-order valence-electron chi connectivity index (χ4n) is 2.27. The maximum absolute atomic E-state index is 11.7. The summed E-state index contributed by atoms with van der Waals surface area (Å²) >= 11 is 0. The van der Waals surface area contributed by atoms with Crippen LogP contribution in [0.1, 0.15) is 32.6 Å². The van der Waals surface area contributed by atoms with Gasteiger partial charge in [0.1, 0.15) is 0 Å². The summed E-state index contributed by atoms with van der Waals surface area (Å²) in [5.41, 5.74) is 0. The Bertz CT molecular complexity index is 358. The highest BCUT2D eigenvalue weighted by molar-refractivity contribution is 7.89. The van der Waals surface area contributed by atoms with E-state index in [4.69, 9.17) is 4.74 Å². The second-order valence-corrected chi connectivity index (χ2v) is 6.76. The average Bonchev–Trinajstić information content (AvgIpc) is 2.37. The van der Waals surface area contributed by atoms with Crippen molar-refractivity contribution in [3.8, 4) is 0 Å². The molecule has 0 saturated heterocycles. The second-order valence-electron chi connectivity index (χ2n) is 4.45. The standard InChI is InChI=1S/C11H21NO4S/c1-4-17(14,15)12(2)10-7-5-9(6-8-10)11(13)16-3/h9-10H,4-8H2,1-3H3. The number of carbonyl (C=O) groups is 1. The van der Waals surface area contributed by atoms with Gasteiger partial charge in [0, 0.05) is 13.1 Å². The second kappa shape index (κ2) is 5.82. The van der Waals surface area contributed by atoms with Crippen molar-refractivity contribution in [2.75, 3.05) is 19.9 Å². The summed E-state index contributed by atoms with van der Waals surface area (Å²) in [5, 5.41) is 0. The third kappa shape index (κ3) is 3.42. The summed E-state index contributed by atoms with van der Waals surface area (Å²) in [6.07, 6.45) is 2.88. The molecule has 0 amide bonds. The van der Waals surface area contributed by atoms with Gasteiger partial charge in [-0.25, -0.2) is 12.7 Å². The van der Waals surface area contributed by atoms with Gasteiger partial charge in [0.25, 0.3) is 0 Å². The molecule has 0 aromatic rings. The maximum atomic E-state index is 11.7. The van der Waals surface area contributed by atoms with Crippen molar-refractivity contribution in [3.63, 3.8) is 0 Å². The molecule has 0 atom stereocenters. The molecule has 0 N–H and O–H groups in total. The largest absolute Gasteiger partial charge is 0.469 e. The summed E-state index contributed by atoms with van der Waals surface area (Å²) in [6.45, 7) is 1.64. The Morgan fingerprint density at radius 3 is 2.24 bits per heavy atom. The molecule has 1 aliphatic rings. The van der Waals surface area contributed by atoms with E-state index in [2.05, 4.69) is 0 Å². The molecule has 5 nitrogen and oxygen atoms in total. The van der Waals surface area contributed by atoms with Crippen molar-refractivity contribution in [1.82, 2.24) is 4.31 Å². The van der Waals surface area contributed by atoms with Gasteiger partial charge in [-0.2, -0.15) is 0 Å². The number of hydrogen-bond donors (Lipinski definition) is 0. The van der Waals surface area contributed by atoms with Gasteiger partial charge in [0.2, 0.25) is 10.0 Å². The van der Waals surface area contributed by atoms with Crippen LogP contribution in [0.15, 0.2) is 0 Å². The maximum Gasteiger partial charge on any atom is 0.308 e. The number of nitrogens with zero attached hydrogens (tertiary/aromatic N) is 1. The van der Waals surface area contributed by atoms with Crippen LogP contribution in [0.2, 0.25) is 0 Å². The molecule has 1 rings (SSSR count). The molecule has 1 aliphatic carbocycles. The molecular formula is C11H21NO4S. The Hall–Kier alpha value is -0.620. The smallest absolute Gasteiger partial charge is 0.308 e. The van der Waals surface area contributed by atoms with E-state index in [0.29, 0.717) is 12.8 Å². The first-order chi connectivity index (χ1) is 7.92. The monoisotopic (exact) mass is 263 g/mol. The quantitative estimate of drug-likeness (QED) is 0.710. The highest BCUT2D eigenvalue weighted by Crippen LogP contribution is 2.28. The third-order valence-corrected chi connectivity index (χ3v) is 5.45. The molecule has 17 heavy (non-hydrogen) atoms. The van der Waals surface area contributed by atoms with E-state index >= 15 is 0 Å². The highest BCUT2D eigenvalue weighted by Gasteiger charge is 2.32. The van der Waals surface area contributed by atoms with Gasteiger partial charge in [0.05, 0.1) is 18.8 Å². The Kier molecular flexibility index (Phi) is 4.94. The first-order valence-electron chi connectivity index (χ1n) is 5.96. The normalized spacial score (nSPS) is 25.9. The van der Waals surface area contributed by atoms with Crippen LogP contribution in [0, 0.1) is 5.92 Å². The van der Waals surface area contributed by atoms with Crippen molar-refractivity contribution >= 4 is 16.0 Å². The van der Waals surface area contributed by atoms with Crippen LogP contribution in [0.25, 0.3) is 0 Å². The molecule has 6 heteroatoms. The molecule has 0 unspecified atom stereocenters. The van der Waals surface area contributed by atoms with Crippen LogP contribution in [0.5, 0.6) is 0 Å². The summed E-state index contributed by atoms with van der Waals surface area (Å²) in [6, 6.07) is 0.0286. The van der Waals surface area contributed by atoms with Crippen LogP contribution in [0.3, 0.4) is 0 Å². The highest BCUT2D eigenvalue weighted by atomic mass is 32.2. The van der Waals surface area contributed by atoms with E-state index in [1.54, 1.807) is 14.0 Å². The number of ether oxygens (including phenoxy) is 1. The van der Waals surface area contributed by atoms with Crippen LogP contribution >= 0.6 is 0 Å². The van der Waals surface area contributed by atoms with E-state index in [1.165, 1.54) is 11.4 Å². The van der Waals surface area contributed by atoms with Crippen molar-refractivity contribution in [1.29, 1.82) is 0 Å². The van der Waals surface area contributed by atoms with Gasteiger partial charge in [-0.3, -0.25) is 4.79 Å². The molecule has 1 saturated carbocycles. The summed E-state index contributed by atoms with van der Waals surface area (Å²) in [5.74, 6) is -0.112. The fraction of sp³-hybridized carbons (Fsp3) is 0.909. The zero-order valence-electron chi connectivity index (χ0n) is 10.7. The van der Waals surface area contributed by atoms with E-state index < -0.39 is 10.0 Å². The molecule has 0 spiro atoms. The minimum Gasteiger partial charge on any atom is -0.469 e. The molecule has 0 bridgehead atoms. The van der Waals surface area contributed by atoms with Gasteiger partial charge in [-0.15, -0.1) is 0 Å². The van der Waals surface area contributed by atoms with Crippen molar-refractivity contribution in [3.05, 3.63) is 0 Å². The summed E-state index contributed by atoms with van der Waals surface area (Å²) in [4.78, 5) is 11.3. The lowest BCUT2D eigenvalue weighted by Crippen LogP contribution is -2.41. The first-order valence-corrected chi connectivity index (χ1v) is 7.56. The molecule has 0 aromatic heterocycles. The van der Waals surface area contributed by atoms with Crippen LogP contribution in [-0.4, -0.2) is 44.6 Å². The van der Waals surface area contributed by atoms with Gasteiger partial charge >= 0.3 is 5.97 Å². The number of carbonyl (C=O) groups excluding carboxylic acids is 1. The zero-order valence-corrected chi connectivity index (χ0v) is 11.5. The predicted octanol–water partition coefficient (Wildman–Crippen LogP) is 1.000. The minimum absolute atomic E-state index is 0.0286. The number of rotatable bonds is 4. The number of hydrogen-bond acceptors (Lipinski definition) is 4. The van der Waals surface area contributed by atoms with Crippen LogP contribution in [0.4, 0.5) is 0 Å². The molecular weight excluding hydrogens is 242 g/mol. The van der Waals surface area contributed by atoms with Crippen LogP contribution in [-0.2, 0) is 19.6 Å². The lowest BCUT2D eigenvalue weighted by molar-refractivity contribution is -0.146. The van der Waals surface area contributed by atoms with E-state index in [9.17, 15) is 13.2 Å². The van der Waals surface area contributed by atoms with Crippen molar-refractivity contribution < 1.29 is 17.9 Å². The van der Waals surface area contributed by atoms with Crippen molar-refractivity contribution in [2.24, 2.45) is 5.92 Å². The molecule has 0 radical (unpaired) electrons. The Morgan fingerprint density at radius 2 is 1.82 bits per heavy atom. The fourth-order valence-corrected chi connectivity index (χ4v) is 3.34. The first kappa shape index (κ1) is 14.4. The summed E-state index contributed by atoms with van der Waals surface area (Å²) in [7, 11) is -0.106. The molecule has 0 aromatic carbocycles. The van der Waals surface area contributed by atoms with E-state index in [-0.39, 0.29) is 23.7 Å². The van der Waals surface area contributed by atoms with E-state index in [1.807, 2.05) is 0 Å². The van der Waals surface area contributed by atoms with Crippen LogP contribution < -0.4 is 0 Å². The Morgan fingerprint density at radius 1 is 1.29 bits per heavy atom. The lowest BCUT2D eigenvalue weighted by atomic mass is 9.86. The molecule has 1 fully saturated rings. The van der Waals surface area contributed by atoms with Gasteiger partial charge in [-0.05, 0) is 32.6 Å². The van der Waals surface area contributed by atoms with Gasteiger partial charge in [-0.1, -0.05) is 0 Å². The average molecular weight is 263 g/mol. The van der Waals surface area contributed by atoms with E-state index in [0.717, 1.165) is 12.8 Å². The molecule has 0 aliphatic heterocycles. The topological polar surface area (TPSA) is 63.7 Å². The number of sulfonamides is 1. The predicted molar refractivity (Wildman–Crippen MR) is 65.0 cm³/mol. The zero-order chi connectivity index (χ0) is 13.1. The minimum atomic E-state index is -3.12. The number of methoxy groups -OCH3 is 1. The summed E-state index contributed by atoms with van der Waals surface area (Å²) < 4.78 is 29.6. The third-order valence-electron chi connectivity index (χ3n) is 3.55. The Balaban J connectivity index is 2.55. The van der Waals surface area contributed by atoms with Gasteiger partial charge < -0.3 is 4.74 Å². The molecule has 100 valence electrons. The van der Waals surface area contributed by atoms with Crippen molar-refractivity contribution in [2.45, 2.75) is 38.6 Å².